The largest absolute Gasteiger partial charge is 0.310 e. The Balaban J connectivity index is 0.958. The van der Waals surface area contributed by atoms with E-state index in [1.165, 1.54) is 82.2 Å². The maximum atomic E-state index is 16.9. The van der Waals surface area contributed by atoms with Crippen molar-refractivity contribution in [2.45, 2.75) is 56.8 Å². The fraction of sp³-hybridized carbons (Fsp3) is 0.236. The fourth-order valence-corrected chi connectivity index (χ4v) is 12.9. The van der Waals surface area contributed by atoms with E-state index < -0.39 is 0 Å². The molecule has 0 aliphatic heterocycles. The van der Waals surface area contributed by atoms with Gasteiger partial charge in [0.1, 0.15) is 5.82 Å². The normalized spacial score (nSPS) is 23.9. The Labute approximate surface area is 335 Å². The number of nitrogens with zero attached hydrogens (tertiary/aromatic N) is 1. The summed E-state index contributed by atoms with van der Waals surface area (Å²) in [5.74, 6) is 3.03. The summed E-state index contributed by atoms with van der Waals surface area (Å²) in [7, 11) is 0. The maximum Gasteiger partial charge on any atom is 0.133 e. The number of benzene rings is 7. The Morgan fingerprint density at radius 1 is 0.421 bits per heavy atom. The summed E-state index contributed by atoms with van der Waals surface area (Å²) < 4.78 is 16.9. The van der Waals surface area contributed by atoms with Crippen LogP contribution in [0.4, 0.5) is 21.5 Å². The number of halogens is 1. The van der Waals surface area contributed by atoms with Gasteiger partial charge in [0, 0.05) is 33.5 Å². The molecule has 2 heteroatoms. The molecule has 0 amide bonds. The molecule has 57 heavy (non-hydrogen) atoms. The van der Waals surface area contributed by atoms with Gasteiger partial charge in [-0.2, -0.15) is 0 Å². The maximum absolute atomic E-state index is 16.9. The van der Waals surface area contributed by atoms with Gasteiger partial charge in [-0.3, -0.25) is 0 Å². The Morgan fingerprint density at radius 3 is 1.65 bits per heavy atom. The minimum Gasteiger partial charge on any atom is -0.310 e. The molecule has 0 heterocycles. The second kappa shape index (κ2) is 12.1. The molecule has 278 valence electrons. The monoisotopic (exact) mass is 739 g/mol. The molecule has 0 radical (unpaired) electrons. The van der Waals surface area contributed by atoms with Crippen molar-refractivity contribution in [2.24, 2.45) is 23.7 Å². The van der Waals surface area contributed by atoms with E-state index in [1.54, 1.807) is 6.07 Å². The standard InChI is InChI=1S/C55H46FN/c1-54(2)49-14-8-6-12-45(49)47-24-22-42(32-52(47)54)57(41-19-16-37(17-20-41)36-10-4-3-5-11-36)43-21-23-44(53(56)33-43)38-18-25-51-48(31-38)46-13-7-9-15-50(46)55(51)39-27-34-26-35(29-39)30-40(55)28-34/h3-25,31-35,39-40H,26-30H2,1-2H3. The van der Waals surface area contributed by atoms with Gasteiger partial charge in [0.2, 0.25) is 0 Å². The molecule has 0 aromatic heterocycles. The van der Waals surface area contributed by atoms with Gasteiger partial charge in [-0.25, -0.2) is 4.39 Å². The van der Waals surface area contributed by atoms with Crippen LogP contribution in [0.3, 0.4) is 0 Å². The highest BCUT2D eigenvalue weighted by atomic mass is 19.1. The Hall–Kier alpha value is -5.73. The van der Waals surface area contributed by atoms with Crippen LogP contribution in [0.25, 0.3) is 44.5 Å². The summed E-state index contributed by atoms with van der Waals surface area (Å²) in [6, 6.07) is 56.7. The van der Waals surface area contributed by atoms with Crippen molar-refractivity contribution < 1.29 is 4.39 Å². The number of fused-ring (bicyclic) bond motifs is 6. The Morgan fingerprint density at radius 2 is 0.947 bits per heavy atom. The molecule has 0 unspecified atom stereocenters. The number of anilines is 3. The SMILES string of the molecule is CC1(C)c2ccccc2-c2ccc(N(c3ccc(-c4ccccc4)cc3)c3ccc(-c4ccc5c(c4)-c4ccccc4C54C5CC6CC(C5)CC4C6)c(F)c3)cc21. The minimum absolute atomic E-state index is 0.114. The van der Waals surface area contributed by atoms with E-state index in [1.807, 2.05) is 12.1 Å². The van der Waals surface area contributed by atoms with E-state index in [4.69, 9.17) is 0 Å². The van der Waals surface area contributed by atoms with Crippen LogP contribution in [0, 0.1) is 29.5 Å². The highest BCUT2D eigenvalue weighted by molar-refractivity contribution is 5.88. The average molecular weight is 740 g/mol. The van der Waals surface area contributed by atoms with Gasteiger partial charge in [0.15, 0.2) is 0 Å². The van der Waals surface area contributed by atoms with Crippen LogP contribution in [-0.2, 0) is 10.8 Å². The summed E-state index contributed by atoms with van der Waals surface area (Å²) in [6.45, 7) is 4.63. The van der Waals surface area contributed by atoms with E-state index >= 15 is 4.39 Å². The number of hydrogen-bond acceptors (Lipinski definition) is 1. The molecule has 0 atom stereocenters. The second-order valence-corrected chi connectivity index (χ2v) is 18.3. The van der Waals surface area contributed by atoms with Crippen molar-refractivity contribution in [3.8, 4) is 44.5 Å². The van der Waals surface area contributed by atoms with Crippen LogP contribution in [0.5, 0.6) is 0 Å². The topological polar surface area (TPSA) is 3.24 Å². The lowest BCUT2D eigenvalue weighted by Gasteiger charge is -2.61. The molecule has 4 fully saturated rings. The highest BCUT2D eigenvalue weighted by Gasteiger charge is 2.61. The lowest BCUT2D eigenvalue weighted by molar-refractivity contribution is -0.0399. The van der Waals surface area contributed by atoms with Gasteiger partial charge in [-0.15, -0.1) is 0 Å². The predicted molar refractivity (Wildman–Crippen MR) is 233 cm³/mol. The number of rotatable bonds is 5. The second-order valence-electron chi connectivity index (χ2n) is 18.3. The van der Waals surface area contributed by atoms with Crippen molar-refractivity contribution in [1.29, 1.82) is 0 Å². The van der Waals surface area contributed by atoms with Gasteiger partial charge in [0.25, 0.3) is 0 Å². The average Bonchev–Trinajstić information content (AvgIpc) is 3.65. The molecular formula is C55H46FN. The van der Waals surface area contributed by atoms with E-state index in [-0.39, 0.29) is 16.6 Å². The van der Waals surface area contributed by atoms with Crippen molar-refractivity contribution in [3.05, 3.63) is 186 Å². The smallest absolute Gasteiger partial charge is 0.133 e. The molecular weight excluding hydrogens is 694 g/mol. The Kier molecular flexibility index (Phi) is 7.12. The minimum atomic E-state index is -0.206. The van der Waals surface area contributed by atoms with Crippen LogP contribution in [0.1, 0.15) is 68.2 Å². The zero-order valence-corrected chi connectivity index (χ0v) is 32.7. The third-order valence-corrected chi connectivity index (χ3v) is 15.1. The first-order chi connectivity index (χ1) is 27.9. The predicted octanol–water partition coefficient (Wildman–Crippen LogP) is 14.7. The summed E-state index contributed by atoms with van der Waals surface area (Å²) in [5, 5.41) is 0. The zero-order chi connectivity index (χ0) is 38.0. The first-order valence-corrected chi connectivity index (χ1v) is 21.1. The third kappa shape index (κ3) is 4.74. The van der Waals surface area contributed by atoms with Crippen molar-refractivity contribution in [2.75, 3.05) is 4.90 Å². The third-order valence-electron chi connectivity index (χ3n) is 15.1. The van der Waals surface area contributed by atoms with Crippen molar-refractivity contribution >= 4 is 17.1 Å². The summed E-state index contributed by atoms with van der Waals surface area (Å²) in [6.07, 6.45) is 6.88. The van der Waals surface area contributed by atoms with E-state index in [2.05, 4.69) is 158 Å². The van der Waals surface area contributed by atoms with Crippen molar-refractivity contribution in [1.82, 2.24) is 0 Å². The highest BCUT2D eigenvalue weighted by Crippen LogP contribution is 2.69. The molecule has 4 bridgehead atoms. The van der Waals surface area contributed by atoms with Crippen molar-refractivity contribution in [3.63, 3.8) is 0 Å². The Bertz CT molecular complexity index is 2710. The molecule has 7 aromatic carbocycles. The summed E-state index contributed by atoms with van der Waals surface area (Å²) in [4.78, 5) is 2.22. The van der Waals surface area contributed by atoms with Crippen LogP contribution in [0.15, 0.2) is 158 Å². The van der Waals surface area contributed by atoms with Crippen LogP contribution >= 0.6 is 0 Å². The van der Waals surface area contributed by atoms with E-state index in [0.717, 1.165) is 40.0 Å². The van der Waals surface area contributed by atoms with Gasteiger partial charge < -0.3 is 4.90 Å². The van der Waals surface area contributed by atoms with Crippen LogP contribution in [0.2, 0.25) is 0 Å². The first-order valence-electron chi connectivity index (χ1n) is 21.1. The molecule has 6 aliphatic carbocycles. The molecule has 13 rings (SSSR count). The van der Waals surface area contributed by atoms with Gasteiger partial charge >= 0.3 is 0 Å². The molecule has 4 saturated carbocycles. The summed E-state index contributed by atoms with van der Waals surface area (Å²) in [5.41, 5.74) is 17.6. The van der Waals surface area contributed by atoms with E-state index in [9.17, 15) is 0 Å². The molecule has 6 aliphatic rings. The quantitative estimate of drug-likeness (QED) is 0.170. The molecule has 1 nitrogen and oxygen atoms in total. The number of hydrogen-bond donors (Lipinski definition) is 0. The zero-order valence-electron chi connectivity index (χ0n) is 32.7. The van der Waals surface area contributed by atoms with E-state index in [0.29, 0.717) is 17.4 Å². The molecule has 0 saturated heterocycles. The fourth-order valence-electron chi connectivity index (χ4n) is 12.9. The van der Waals surface area contributed by atoms with Crippen LogP contribution < -0.4 is 4.90 Å². The lowest BCUT2D eigenvalue weighted by atomic mass is 9.43. The van der Waals surface area contributed by atoms with Gasteiger partial charge in [-0.05, 0) is 166 Å². The lowest BCUT2D eigenvalue weighted by Crippen LogP contribution is -2.55. The van der Waals surface area contributed by atoms with Gasteiger partial charge in [-0.1, -0.05) is 123 Å². The molecule has 1 spiro atoms. The summed E-state index contributed by atoms with van der Waals surface area (Å²) >= 11 is 0. The first kappa shape index (κ1) is 33.4. The molecule has 0 N–H and O–H groups in total. The van der Waals surface area contributed by atoms with Crippen LogP contribution in [-0.4, -0.2) is 0 Å². The molecule has 7 aromatic rings. The van der Waals surface area contributed by atoms with Gasteiger partial charge in [0.05, 0.1) is 0 Å².